The Kier molecular flexibility index (Phi) is 3.64. The Morgan fingerprint density at radius 3 is 2.62 bits per heavy atom. The van der Waals surface area contributed by atoms with Crippen LogP contribution in [0.3, 0.4) is 0 Å². The first-order chi connectivity index (χ1) is 6.18. The van der Waals surface area contributed by atoms with Crippen molar-refractivity contribution in [1.29, 1.82) is 0 Å². The lowest BCUT2D eigenvalue weighted by molar-refractivity contribution is -0.131. The first kappa shape index (κ1) is 9.92. The molecule has 0 atom stereocenters. The maximum atomic E-state index is 10.9. The minimum Gasteiger partial charge on any atom is -0.478 e. The fraction of sp³-hybridized carbons (Fsp3) is 0.556. The van der Waals surface area contributed by atoms with E-state index in [2.05, 4.69) is 4.90 Å². The molecule has 1 N–H and O–H groups in total. The van der Waals surface area contributed by atoms with E-state index in [0.29, 0.717) is 25.2 Å². The minimum atomic E-state index is -0.923. The second kappa shape index (κ2) is 4.77. The number of carboxylic acids is 1. The summed E-state index contributed by atoms with van der Waals surface area (Å²) in [6.07, 6.45) is 3.94. The first-order valence-electron chi connectivity index (χ1n) is 4.32. The molecule has 0 unspecified atom stereocenters. The van der Waals surface area contributed by atoms with Gasteiger partial charge in [0.15, 0.2) is 0 Å². The van der Waals surface area contributed by atoms with Crippen LogP contribution in [-0.2, 0) is 9.59 Å². The van der Waals surface area contributed by atoms with E-state index in [1.54, 1.807) is 6.08 Å². The van der Waals surface area contributed by atoms with Crippen molar-refractivity contribution >= 4 is 11.8 Å². The van der Waals surface area contributed by atoms with Gasteiger partial charge in [0.25, 0.3) is 0 Å². The third kappa shape index (κ3) is 3.85. The summed E-state index contributed by atoms with van der Waals surface area (Å²) in [5, 5.41) is 8.33. The van der Waals surface area contributed by atoms with Crippen LogP contribution in [0, 0.1) is 0 Å². The molecule has 1 aliphatic rings. The number of piperidine rings is 1. The van der Waals surface area contributed by atoms with Crippen LogP contribution in [0.5, 0.6) is 0 Å². The van der Waals surface area contributed by atoms with Gasteiger partial charge in [0.1, 0.15) is 5.78 Å². The fourth-order valence-corrected chi connectivity index (χ4v) is 1.29. The summed E-state index contributed by atoms with van der Waals surface area (Å²) >= 11 is 0. The minimum absolute atomic E-state index is 0.304. The van der Waals surface area contributed by atoms with Crippen molar-refractivity contribution < 1.29 is 14.7 Å². The maximum Gasteiger partial charge on any atom is 0.328 e. The van der Waals surface area contributed by atoms with Crippen LogP contribution in [0.4, 0.5) is 0 Å². The van der Waals surface area contributed by atoms with Crippen molar-refractivity contribution in [3.05, 3.63) is 12.2 Å². The highest BCUT2D eigenvalue weighted by molar-refractivity contribution is 5.80. The number of carbonyl (C=O) groups is 2. The van der Waals surface area contributed by atoms with Gasteiger partial charge in [-0.3, -0.25) is 9.69 Å². The molecule has 1 saturated heterocycles. The summed E-state index contributed by atoms with van der Waals surface area (Å²) in [5.74, 6) is -0.619. The van der Waals surface area contributed by atoms with Gasteiger partial charge in [0, 0.05) is 38.6 Å². The highest BCUT2D eigenvalue weighted by atomic mass is 16.4. The Balaban J connectivity index is 2.23. The Hall–Kier alpha value is -1.16. The average molecular weight is 183 g/mol. The summed E-state index contributed by atoms with van der Waals surface area (Å²) in [4.78, 5) is 23.1. The lowest BCUT2D eigenvalue weighted by atomic mass is 10.1. The molecule has 1 rings (SSSR count). The van der Waals surface area contributed by atoms with Crippen molar-refractivity contribution in [3.8, 4) is 0 Å². The molecule has 0 saturated carbocycles. The molecule has 0 amide bonds. The molecule has 0 aliphatic carbocycles. The third-order valence-electron chi connectivity index (χ3n) is 2.04. The summed E-state index contributed by atoms with van der Waals surface area (Å²) in [6.45, 7) is 2.13. The van der Waals surface area contributed by atoms with Gasteiger partial charge in [0.2, 0.25) is 0 Å². The lowest BCUT2D eigenvalue weighted by Crippen LogP contribution is -2.33. The second-order valence-electron chi connectivity index (χ2n) is 3.08. The smallest absolute Gasteiger partial charge is 0.328 e. The van der Waals surface area contributed by atoms with E-state index in [-0.39, 0.29) is 0 Å². The van der Waals surface area contributed by atoms with E-state index in [4.69, 9.17) is 5.11 Å². The Bertz CT molecular complexity index is 225. The standard InChI is InChI=1S/C9H13NO3/c11-8-3-6-10(7-4-8)5-1-2-9(12)13/h1-2H,3-7H2,(H,12,13). The van der Waals surface area contributed by atoms with Gasteiger partial charge >= 0.3 is 5.97 Å². The molecule has 13 heavy (non-hydrogen) atoms. The molecule has 4 heteroatoms. The number of hydrogen-bond acceptors (Lipinski definition) is 3. The van der Waals surface area contributed by atoms with E-state index in [9.17, 15) is 9.59 Å². The Morgan fingerprint density at radius 1 is 1.46 bits per heavy atom. The molecular weight excluding hydrogens is 170 g/mol. The number of rotatable bonds is 3. The normalized spacial score (nSPS) is 19.5. The van der Waals surface area contributed by atoms with Gasteiger partial charge in [-0.2, -0.15) is 0 Å². The van der Waals surface area contributed by atoms with Gasteiger partial charge < -0.3 is 5.11 Å². The first-order valence-corrected chi connectivity index (χ1v) is 4.32. The zero-order valence-corrected chi connectivity index (χ0v) is 7.40. The van der Waals surface area contributed by atoms with Crippen molar-refractivity contribution in [2.75, 3.05) is 19.6 Å². The van der Waals surface area contributed by atoms with Gasteiger partial charge in [-0.25, -0.2) is 4.79 Å². The van der Waals surface area contributed by atoms with E-state index in [0.717, 1.165) is 19.2 Å². The molecule has 0 radical (unpaired) electrons. The number of nitrogens with zero attached hydrogens (tertiary/aromatic N) is 1. The van der Waals surface area contributed by atoms with Gasteiger partial charge in [-0.05, 0) is 0 Å². The molecule has 0 aromatic heterocycles. The number of aliphatic carboxylic acids is 1. The molecule has 4 nitrogen and oxygen atoms in total. The molecule has 1 aliphatic heterocycles. The highest BCUT2D eigenvalue weighted by Crippen LogP contribution is 2.04. The number of carbonyl (C=O) groups excluding carboxylic acids is 1. The largest absolute Gasteiger partial charge is 0.478 e. The monoisotopic (exact) mass is 183 g/mol. The van der Waals surface area contributed by atoms with Crippen LogP contribution in [-0.4, -0.2) is 41.4 Å². The average Bonchev–Trinajstić information content (AvgIpc) is 2.08. The summed E-state index contributed by atoms with van der Waals surface area (Å²) < 4.78 is 0. The molecule has 0 spiro atoms. The zero-order valence-electron chi connectivity index (χ0n) is 7.40. The van der Waals surface area contributed by atoms with Crippen LogP contribution in [0.1, 0.15) is 12.8 Å². The van der Waals surface area contributed by atoms with E-state index < -0.39 is 5.97 Å². The van der Waals surface area contributed by atoms with Crippen molar-refractivity contribution in [3.63, 3.8) is 0 Å². The predicted octanol–water partition coefficient (Wildman–Crippen LogP) is 0.292. The number of likely N-dealkylation sites (tertiary alicyclic amines) is 1. The third-order valence-corrected chi connectivity index (χ3v) is 2.04. The molecule has 0 aromatic rings. The lowest BCUT2D eigenvalue weighted by Gasteiger charge is -2.23. The molecule has 72 valence electrons. The van der Waals surface area contributed by atoms with Crippen molar-refractivity contribution in [2.45, 2.75) is 12.8 Å². The topological polar surface area (TPSA) is 57.6 Å². The highest BCUT2D eigenvalue weighted by Gasteiger charge is 2.14. The van der Waals surface area contributed by atoms with Crippen molar-refractivity contribution in [2.24, 2.45) is 0 Å². The van der Waals surface area contributed by atoms with Crippen LogP contribution in [0.15, 0.2) is 12.2 Å². The van der Waals surface area contributed by atoms with Crippen LogP contribution in [0.25, 0.3) is 0 Å². The predicted molar refractivity (Wildman–Crippen MR) is 47.5 cm³/mol. The van der Waals surface area contributed by atoms with Gasteiger partial charge in [-0.1, -0.05) is 6.08 Å². The number of Topliss-reactive ketones (excluding diaryl/α,β-unsaturated/α-hetero) is 1. The van der Waals surface area contributed by atoms with Crippen LogP contribution in [0.2, 0.25) is 0 Å². The molecular formula is C9H13NO3. The summed E-state index contributed by atoms with van der Waals surface area (Å²) in [7, 11) is 0. The zero-order chi connectivity index (χ0) is 9.68. The SMILES string of the molecule is O=C(O)C=CCN1CCC(=O)CC1. The van der Waals surface area contributed by atoms with Gasteiger partial charge in [0.05, 0.1) is 0 Å². The molecule has 1 fully saturated rings. The number of ketones is 1. The molecule has 0 aromatic carbocycles. The maximum absolute atomic E-state index is 10.9. The van der Waals surface area contributed by atoms with Crippen LogP contribution < -0.4 is 0 Å². The number of hydrogen-bond donors (Lipinski definition) is 1. The number of carboxylic acid groups (broad SMARTS) is 1. The summed E-state index contributed by atoms with van der Waals surface area (Å²) in [6, 6.07) is 0. The van der Waals surface area contributed by atoms with Crippen molar-refractivity contribution in [1.82, 2.24) is 4.90 Å². The Labute approximate surface area is 76.8 Å². The second-order valence-corrected chi connectivity index (χ2v) is 3.08. The van der Waals surface area contributed by atoms with E-state index in [1.165, 1.54) is 0 Å². The molecule has 0 bridgehead atoms. The Morgan fingerprint density at radius 2 is 2.08 bits per heavy atom. The fourth-order valence-electron chi connectivity index (χ4n) is 1.29. The van der Waals surface area contributed by atoms with E-state index >= 15 is 0 Å². The summed E-state index contributed by atoms with van der Waals surface area (Å²) in [5.41, 5.74) is 0. The van der Waals surface area contributed by atoms with Gasteiger partial charge in [-0.15, -0.1) is 0 Å². The van der Waals surface area contributed by atoms with E-state index in [1.807, 2.05) is 0 Å². The molecule has 1 heterocycles. The van der Waals surface area contributed by atoms with Crippen LogP contribution >= 0.6 is 0 Å². The quantitative estimate of drug-likeness (QED) is 0.639.